The fraction of sp³-hybridized carbons (Fsp3) is 0.238. The van der Waals surface area contributed by atoms with Crippen LogP contribution in [0.15, 0.2) is 42.5 Å². The maximum Gasteiger partial charge on any atom is 0.337 e. The van der Waals surface area contributed by atoms with Crippen molar-refractivity contribution in [1.82, 2.24) is 4.57 Å². The van der Waals surface area contributed by atoms with E-state index in [1.165, 1.54) is 6.07 Å². The summed E-state index contributed by atoms with van der Waals surface area (Å²) in [5.74, 6) is -0.665. The fourth-order valence-corrected chi connectivity index (χ4v) is 3.34. The monoisotopic (exact) mass is 366 g/mol. The van der Waals surface area contributed by atoms with Gasteiger partial charge in [-0.05, 0) is 56.7 Å². The molecular formula is C21H22N2O4. The van der Waals surface area contributed by atoms with E-state index >= 15 is 0 Å². The zero-order valence-electron chi connectivity index (χ0n) is 15.6. The molecule has 140 valence electrons. The number of aryl methyl sites for hydroxylation is 2. The van der Waals surface area contributed by atoms with Gasteiger partial charge in [0.1, 0.15) is 11.4 Å². The van der Waals surface area contributed by atoms with E-state index in [-0.39, 0.29) is 17.2 Å². The summed E-state index contributed by atoms with van der Waals surface area (Å²) in [7, 11) is 0. The average molecular weight is 366 g/mol. The first kappa shape index (κ1) is 18.5. The van der Waals surface area contributed by atoms with Gasteiger partial charge in [0.25, 0.3) is 5.91 Å². The van der Waals surface area contributed by atoms with Crippen LogP contribution in [0.4, 0.5) is 5.69 Å². The normalized spacial score (nSPS) is 10.8. The zero-order valence-corrected chi connectivity index (χ0v) is 15.6. The Hall–Kier alpha value is -3.28. The number of para-hydroxylation sites is 1. The number of nitrogens with zero attached hydrogens (tertiary/aromatic N) is 1. The summed E-state index contributed by atoms with van der Waals surface area (Å²) >= 11 is 0. The molecule has 6 heteroatoms. The lowest BCUT2D eigenvalue weighted by molar-refractivity contribution is 0.0698. The number of fused-ring (bicyclic) bond motifs is 1. The van der Waals surface area contributed by atoms with Crippen LogP contribution in [0.3, 0.4) is 0 Å². The molecule has 2 N–H and O–H groups in total. The highest BCUT2D eigenvalue weighted by atomic mass is 16.5. The second-order valence-corrected chi connectivity index (χ2v) is 6.13. The van der Waals surface area contributed by atoms with Crippen LogP contribution in [0.1, 0.15) is 40.3 Å². The Morgan fingerprint density at radius 3 is 2.56 bits per heavy atom. The van der Waals surface area contributed by atoms with Gasteiger partial charge in [0, 0.05) is 17.4 Å². The molecule has 3 aromatic rings. The minimum atomic E-state index is -1.08. The highest BCUT2D eigenvalue weighted by Gasteiger charge is 2.21. The Labute approximate surface area is 157 Å². The standard InChI is InChI=1S/C21H22N2O4/c1-4-23-18-11-10-14(27-5-2)12-16(18)13(3)19(23)20(24)22-17-9-7-6-8-15(17)21(25)26/h6-12H,4-5H2,1-3H3,(H,22,24)(H,25,26). The van der Waals surface area contributed by atoms with Gasteiger partial charge in [0.15, 0.2) is 0 Å². The Morgan fingerprint density at radius 2 is 1.89 bits per heavy atom. The van der Waals surface area contributed by atoms with Crippen LogP contribution in [0, 0.1) is 6.92 Å². The van der Waals surface area contributed by atoms with Gasteiger partial charge < -0.3 is 19.7 Å². The number of hydrogen-bond donors (Lipinski definition) is 2. The number of carboxylic acids is 1. The molecular weight excluding hydrogens is 344 g/mol. The van der Waals surface area contributed by atoms with Crippen LogP contribution in [-0.2, 0) is 6.54 Å². The molecule has 2 aromatic carbocycles. The average Bonchev–Trinajstić information content (AvgIpc) is 2.94. The van der Waals surface area contributed by atoms with Crippen molar-refractivity contribution in [2.75, 3.05) is 11.9 Å². The van der Waals surface area contributed by atoms with Gasteiger partial charge >= 0.3 is 5.97 Å². The molecule has 1 amide bonds. The molecule has 0 bridgehead atoms. The fourth-order valence-electron chi connectivity index (χ4n) is 3.34. The number of hydrogen-bond acceptors (Lipinski definition) is 3. The highest BCUT2D eigenvalue weighted by molar-refractivity contribution is 6.10. The van der Waals surface area contributed by atoms with Crippen LogP contribution < -0.4 is 10.1 Å². The molecule has 27 heavy (non-hydrogen) atoms. The van der Waals surface area contributed by atoms with Gasteiger partial charge in [-0.15, -0.1) is 0 Å². The predicted octanol–water partition coefficient (Wildman–Crippen LogP) is 4.32. The summed E-state index contributed by atoms with van der Waals surface area (Å²) < 4.78 is 7.50. The highest BCUT2D eigenvalue weighted by Crippen LogP contribution is 2.30. The van der Waals surface area contributed by atoms with Gasteiger partial charge in [-0.25, -0.2) is 4.79 Å². The van der Waals surface area contributed by atoms with Crippen molar-refractivity contribution in [2.45, 2.75) is 27.3 Å². The lowest BCUT2D eigenvalue weighted by atomic mass is 10.1. The number of nitrogens with one attached hydrogen (secondary N) is 1. The molecule has 3 rings (SSSR count). The first-order chi connectivity index (χ1) is 13.0. The van der Waals surface area contributed by atoms with Crippen molar-refractivity contribution in [2.24, 2.45) is 0 Å². The number of aromatic carboxylic acids is 1. The topological polar surface area (TPSA) is 80.6 Å². The first-order valence-corrected chi connectivity index (χ1v) is 8.87. The van der Waals surface area contributed by atoms with Crippen molar-refractivity contribution < 1.29 is 19.4 Å². The summed E-state index contributed by atoms with van der Waals surface area (Å²) in [5, 5.41) is 13.0. The lowest BCUT2D eigenvalue weighted by Crippen LogP contribution is -2.19. The van der Waals surface area contributed by atoms with Crippen molar-refractivity contribution in [3.05, 3.63) is 59.3 Å². The molecule has 0 atom stereocenters. The number of rotatable bonds is 6. The number of aromatic nitrogens is 1. The van der Waals surface area contributed by atoms with Gasteiger partial charge in [-0.2, -0.15) is 0 Å². The Bertz CT molecular complexity index is 1020. The third kappa shape index (κ3) is 3.38. The van der Waals surface area contributed by atoms with E-state index in [1.54, 1.807) is 18.2 Å². The number of carbonyl (C=O) groups excluding carboxylic acids is 1. The molecule has 6 nitrogen and oxygen atoms in total. The van der Waals surface area contributed by atoms with Crippen LogP contribution in [0.25, 0.3) is 10.9 Å². The summed E-state index contributed by atoms with van der Waals surface area (Å²) in [4.78, 5) is 24.4. The number of carbonyl (C=O) groups is 2. The van der Waals surface area contributed by atoms with Crippen molar-refractivity contribution >= 4 is 28.5 Å². The molecule has 0 spiro atoms. The Morgan fingerprint density at radius 1 is 1.15 bits per heavy atom. The van der Waals surface area contributed by atoms with Crippen LogP contribution in [0.2, 0.25) is 0 Å². The minimum Gasteiger partial charge on any atom is -0.494 e. The SMILES string of the molecule is CCOc1ccc2c(c1)c(C)c(C(=O)Nc1ccccc1C(=O)O)n2CC. The Kier molecular flexibility index (Phi) is 5.16. The van der Waals surface area contributed by atoms with Crippen molar-refractivity contribution in [3.63, 3.8) is 0 Å². The van der Waals surface area contributed by atoms with E-state index in [1.807, 2.05) is 43.5 Å². The van der Waals surface area contributed by atoms with E-state index < -0.39 is 5.97 Å². The van der Waals surface area contributed by atoms with E-state index in [9.17, 15) is 14.7 Å². The second-order valence-electron chi connectivity index (χ2n) is 6.13. The number of carboxylic acid groups (broad SMARTS) is 1. The molecule has 0 aliphatic carbocycles. The van der Waals surface area contributed by atoms with Crippen LogP contribution in [-0.4, -0.2) is 28.2 Å². The molecule has 0 saturated carbocycles. The Balaban J connectivity index is 2.07. The number of benzene rings is 2. The number of amides is 1. The molecule has 0 unspecified atom stereocenters. The third-order valence-electron chi connectivity index (χ3n) is 4.54. The predicted molar refractivity (Wildman–Crippen MR) is 105 cm³/mol. The molecule has 0 aliphatic heterocycles. The number of ether oxygens (including phenoxy) is 1. The summed E-state index contributed by atoms with van der Waals surface area (Å²) in [5.41, 5.74) is 2.62. The molecule has 1 aromatic heterocycles. The quantitative estimate of drug-likeness (QED) is 0.681. The zero-order chi connectivity index (χ0) is 19.6. The van der Waals surface area contributed by atoms with Gasteiger partial charge in [0.05, 0.1) is 17.9 Å². The maximum absolute atomic E-state index is 13.0. The number of anilines is 1. The summed E-state index contributed by atoms with van der Waals surface area (Å²) in [6, 6.07) is 12.1. The molecule has 1 heterocycles. The second kappa shape index (κ2) is 7.53. The maximum atomic E-state index is 13.0. The van der Waals surface area contributed by atoms with E-state index in [2.05, 4.69) is 5.32 Å². The van der Waals surface area contributed by atoms with Crippen molar-refractivity contribution in [1.29, 1.82) is 0 Å². The van der Waals surface area contributed by atoms with Gasteiger partial charge in [-0.3, -0.25) is 4.79 Å². The minimum absolute atomic E-state index is 0.0568. The molecule has 0 saturated heterocycles. The van der Waals surface area contributed by atoms with Crippen LogP contribution in [0.5, 0.6) is 5.75 Å². The smallest absolute Gasteiger partial charge is 0.337 e. The summed E-state index contributed by atoms with van der Waals surface area (Å²) in [6.45, 7) is 6.96. The molecule has 0 aliphatic rings. The largest absolute Gasteiger partial charge is 0.494 e. The van der Waals surface area contributed by atoms with E-state index in [0.717, 1.165) is 22.2 Å². The van der Waals surface area contributed by atoms with E-state index in [0.29, 0.717) is 18.8 Å². The third-order valence-corrected chi connectivity index (χ3v) is 4.54. The van der Waals surface area contributed by atoms with E-state index in [4.69, 9.17) is 4.74 Å². The van der Waals surface area contributed by atoms with Crippen LogP contribution >= 0.6 is 0 Å². The first-order valence-electron chi connectivity index (χ1n) is 8.87. The van der Waals surface area contributed by atoms with Gasteiger partial charge in [-0.1, -0.05) is 12.1 Å². The molecule has 0 radical (unpaired) electrons. The summed E-state index contributed by atoms with van der Waals surface area (Å²) in [6.07, 6.45) is 0. The molecule has 0 fully saturated rings. The van der Waals surface area contributed by atoms with Gasteiger partial charge in [0.2, 0.25) is 0 Å². The lowest BCUT2D eigenvalue weighted by Gasteiger charge is -2.11. The van der Waals surface area contributed by atoms with Crippen molar-refractivity contribution in [3.8, 4) is 5.75 Å².